The number of carbonyl (C=O) groups is 1. The van der Waals surface area contributed by atoms with Crippen LogP contribution in [-0.4, -0.2) is 26.8 Å². The van der Waals surface area contributed by atoms with E-state index in [4.69, 9.17) is 12.2 Å². The van der Waals surface area contributed by atoms with Crippen molar-refractivity contribution >= 4 is 23.2 Å². The summed E-state index contributed by atoms with van der Waals surface area (Å²) >= 11 is 5.09. The molecule has 0 fully saturated rings. The Hall–Kier alpha value is -2.48. The number of aromatic nitrogens is 2. The number of hydrogen-bond acceptors (Lipinski definition) is 3. The van der Waals surface area contributed by atoms with E-state index in [0.29, 0.717) is 10.8 Å². The van der Waals surface area contributed by atoms with Crippen LogP contribution < -0.4 is 16.2 Å². The molecule has 0 saturated heterocycles. The maximum Gasteiger partial charge on any atom is 0.290 e. The van der Waals surface area contributed by atoms with Gasteiger partial charge in [0.1, 0.15) is 5.82 Å². The van der Waals surface area contributed by atoms with Crippen molar-refractivity contribution in [3.63, 3.8) is 0 Å². The molecule has 1 aromatic carbocycles. The maximum atomic E-state index is 13.2. The van der Waals surface area contributed by atoms with E-state index in [9.17, 15) is 9.18 Å². The first kappa shape index (κ1) is 17.3. The van der Waals surface area contributed by atoms with Gasteiger partial charge in [-0.25, -0.2) is 9.07 Å². The number of hydrogen-bond donors (Lipinski definition) is 3. The number of thiocarbonyl (C=S) groups is 1. The van der Waals surface area contributed by atoms with Crippen LogP contribution in [0.3, 0.4) is 0 Å². The van der Waals surface area contributed by atoms with E-state index in [1.807, 2.05) is 13.8 Å². The number of amides is 1. The van der Waals surface area contributed by atoms with Crippen molar-refractivity contribution in [2.24, 2.45) is 0 Å². The van der Waals surface area contributed by atoms with E-state index in [2.05, 4.69) is 21.3 Å². The highest BCUT2D eigenvalue weighted by Gasteiger charge is 2.27. The van der Waals surface area contributed by atoms with Gasteiger partial charge >= 0.3 is 0 Å². The Labute approximate surface area is 150 Å². The molecule has 0 bridgehead atoms. The molecular weight excluding hydrogens is 341 g/mol. The van der Waals surface area contributed by atoms with Crippen LogP contribution in [0.5, 0.6) is 0 Å². The molecule has 8 heteroatoms. The highest BCUT2D eigenvalue weighted by molar-refractivity contribution is 7.80. The van der Waals surface area contributed by atoms with Gasteiger partial charge < -0.3 is 5.32 Å². The van der Waals surface area contributed by atoms with Crippen LogP contribution in [0.4, 0.5) is 4.39 Å². The van der Waals surface area contributed by atoms with Gasteiger partial charge in [-0.2, -0.15) is 5.10 Å². The molecule has 6 nitrogen and oxygen atoms in total. The lowest BCUT2D eigenvalue weighted by Gasteiger charge is -2.13. The van der Waals surface area contributed by atoms with Gasteiger partial charge in [-0.05, 0) is 69.6 Å². The SMILES string of the molecule is CC(C)NC(=S)NNC(=O)c1nn(-c2ccc(F)cc2)c2c1CCC2. The van der Waals surface area contributed by atoms with E-state index in [1.54, 1.807) is 16.8 Å². The molecule has 25 heavy (non-hydrogen) atoms. The van der Waals surface area contributed by atoms with Gasteiger partial charge in [0.15, 0.2) is 10.8 Å². The fourth-order valence-electron chi connectivity index (χ4n) is 2.89. The van der Waals surface area contributed by atoms with Crippen molar-refractivity contribution in [2.45, 2.75) is 39.2 Å². The average Bonchev–Trinajstić information content (AvgIpc) is 3.15. The zero-order chi connectivity index (χ0) is 18.0. The number of halogens is 1. The Balaban J connectivity index is 1.80. The molecule has 1 amide bonds. The summed E-state index contributed by atoms with van der Waals surface area (Å²) in [5, 5.41) is 7.78. The van der Waals surface area contributed by atoms with Gasteiger partial charge in [-0.1, -0.05) is 0 Å². The summed E-state index contributed by atoms with van der Waals surface area (Å²) in [4.78, 5) is 12.5. The van der Waals surface area contributed by atoms with Crippen LogP contribution in [0.1, 0.15) is 42.0 Å². The van der Waals surface area contributed by atoms with E-state index in [-0.39, 0.29) is 17.8 Å². The maximum absolute atomic E-state index is 13.2. The second-order valence-corrected chi connectivity index (χ2v) is 6.63. The summed E-state index contributed by atoms with van der Waals surface area (Å²) in [5.41, 5.74) is 8.31. The third-order valence-electron chi connectivity index (χ3n) is 3.93. The van der Waals surface area contributed by atoms with Crippen molar-refractivity contribution in [1.29, 1.82) is 0 Å². The third-order valence-corrected chi connectivity index (χ3v) is 4.15. The Bertz CT molecular complexity index is 800. The molecule has 132 valence electrons. The van der Waals surface area contributed by atoms with Crippen LogP contribution in [0.15, 0.2) is 24.3 Å². The van der Waals surface area contributed by atoms with Crippen LogP contribution in [0.2, 0.25) is 0 Å². The van der Waals surface area contributed by atoms with Crippen molar-refractivity contribution in [3.8, 4) is 5.69 Å². The molecule has 0 saturated carbocycles. The summed E-state index contributed by atoms with van der Waals surface area (Å²) in [6, 6.07) is 6.25. The van der Waals surface area contributed by atoms with Crippen LogP contribution in [0.25, 0.3) is 5.69 Å². The molecule has 3 N–H and O–H groups in total. The molecule has 0 radical (unpaired) electrons. The van der Waals surface area contributed by atoms with Gasteiger partial charge in [0.05, 0.1) is 5.69 Å². The molecule has 0 unspecified atom stereocenters. The molecule has 2 aromatic rings. The third kappa shape index (κ3) is 3.79. The molecule has 1 aliphatic carbocycles. The number of nitrogens with zero attached hydrogens (tertiary/aromatic N) is 2. The number of carbonyl (C=O) groups excluding carboxylic acids is 1. The first-order valence-corrected chi connectivity index (χ1v) is 8.60. The topological polar surface area (TPSA) is 71.0 Å². The van der Waals surface area contributed by atoms with Gasteiger partial charge in [-0.3, -0.25) is 15.6 Å². The minimum atomic E-state index is -0.341. The zero-order valence-corrected chi connectivity index (χ0v) is 14.9. The lowest BCUT2D eigenvalue weighted by atomic mass is 10.2. The fourth-order valence-corrected chi connectivity index (χ4v) is 3.17. The molecule has 3 rings (SSSR count). The summed E-state index contributed by atoms with van der Waals surface area (Å²) in [6.07, 6.45) is 2.61. The van der Waals surface area contributed by atoms with Crippen LogP contribution in [0, 0.1) is 5.82 Å². The van der Waals surface area contributed by atoms with Crippen LogP contribution >= 0.6 is 12.2 Å². The number of nitrogens with one attached hydrogen (secondary N) is 3. The van der Waals surface area contributed by atoms with Gasteiger partial charge in [0, 0.05) is 17.3 Å². The lowest BCUT2D eigenvalue weighted by Crippen LogP contribution is -2.48. The largest absolute Gasteiger partial charge is 0.359 e. The summed E-state index contributed by atoms with van der Waals surface area (Å²) < 4.78 is 14.9. The van der Waals surface area contributed by atoms with E-state index >= 15 is 0 Å². The van der Waals surface area contributed by atoms with Gasteiger partial charge in [-0.15, -0.1) is 0 Å². The van der Waals surface area contributed by atoms with Crippen molar-refractivity contribution in [3.05, 3.63) is 47.0 Å². The van der Waals surface area contributed by atoms with Gasteiger partial charge in [0.2, 0.25) is 0 Å². The summed E-state index contributed by atoms with van der Waals surface area (Å²) in [7, 11) is 0. The molecule has 0 atom stereocenters. The normalized spacial score (nSPS) is 12.8. The Morgan fingerprint density at radius 3 is 2.64 bits per heavy atom. The number of benzene rings is 1. The highest BCUT2D eigenvalue weighted by Crippen LogP contribution is 2.27. The molecular formula is C17H20FN5OS. The summed E-state index contributed by atoms with van der Waals surface area (Å²) in [5.74, 6) is -0.646. The molecule has 1 aliphatic rings. The Morgan fingerprint density at radius 1 is 1.24 bits per heavy atom. The van der Waals surface area contributed by atoms with Crippen LogP contribution in [-0.2, 0) is 12.8 Å². The second-order valence-electron chi connectivity index (χ2n) is 6.22. The predicted molar refractivity (Wildman–Crippen MR) is 97.0 cm³/mol. The smallest absolute Gasteiger partial charge is 0.290 e. The monoisotopic (exact) mass is 361 g/mol. The second kappa shape index (κ2) is 7.18. The minimum absolute atomic E-state index is 0.166. The first-order chi connectivity index (χ1) is 12.0. The van der Waals surface area contributed by atoms with Crippen molar-refractivity contribution in [1.82, 2.24) is 25.9 Å². The van der Waals surface area contributed by atoms with E-state index < -0.39 is 0 Å². The summed E-state index contributed by atoms with van der Waals surface area (Å²) in [6.45, 7) is 3.90. The number of hydrazine groups is 1. The molecule has 0 spiro atoms. The zero-order valence-electron chi connectivity index (χ0n) is 14.1. The Kier molecular flexibility index (Phi) is 4.98. The van der Waals surface area contributed by atoms with E-state index in [0.717, 1.165) is 36.2 Å². The number of fused-ring (bicyclic) bond motifs is 1. The Morgan fingerprint density at radius 2 is 1.96 bits per heavy atom. The predicted octanol–water partition coefficient (Wildman–Crippen LogP) is 2.02. The standard InChI is InChI=1S/C17H20FN5OS/c1-10(2)19-17(25)21-20-16(24)15-13-4-3-5-14(13)23(22-15)12-8-6-11(18)7-9-12/h6-10H,3-5H2,1-2H3,(H,20,24)(H2,19,21,25). The number of rotatable bonds is 3. The van der Waals surface area contributed by atoms with E-state index in [1.165, 1.54) is 12.1 Å². The fraction of sp³-hybridized carbons (Fsp3) is 0.353. The lowest BCUT2D eigenvalue weighted by molar-refractivity contribution is 0.0937. The molecule has 1 aromatic heterocycles. The average molecular weight is 361 g/mol. The molecule has 1 heterocycles. The first-order valence-electron chi connectivity index (χ1n) is 8.19. The quantitative estimate of drug-likeness (QED) is 0.576. The minimum Gasteiger partial charge on any atom is -0.359 e. The highest BCUT2D eigenvalue weighted by atomic mass is 32.1. The van der Waals surface area contributed by atoms with Gasteiger partial charge in [0.25, 0.3) is 5.91 Å². The van der Waals surface area contributed by atoms with Crippen molar-refractivity contribution < 1.29 is 9.18 Å². The van der Waals surface area contributed by atoms with Crippen molar-refractivity contribution in [2.75, 3.05) is 0 Å². The molecule has 0 aliphatic heterocycles.